The molecule has 3 nitrogen and oxygen atoms in total. The molecule has 0 saturated carbocycles. The molecule has 0 atom stereocenters. The van der Waals surface area contributed by atoms with E-state index < -0.39 is 0 Å². The Morgan fingerprint density at radius 3 is 1.96 bits per heavy atom. The van der Waals surface area contributed by atoms with Crippen LogP contribution in [0.2, 0.25) is 0 Å². The van der Waals surface area contributed by atoms with Gasteiger partial charge in [-0.3, -0.25) is 9.18 Å². The maximum Gasteiger partial charge on any atom is 0.142 e. The van der Waals surface area contributed by atoms with Crippen LogP contribution in [0.15, 0.2) is 85.3 Å². The molecule has 0 amide bonds. The molecule has 146 valence electrons. The minimum Gasteiger partial charge on any atom is -0.497 e. The Bertz CT molecular complexity index is 520. The summed E-state index contributed by atoms with van der Waals surface area (Å²) in [5.74, 6) is 0.623. The van der Waals surface area contributed by atoms with E-state index in [1.165, 1.54) is 6.08 Å². The molecule has 0 aromatic rings. The van der Waals surface area contributed by atoms with Crippen LogP contribution < -0.4 is 0 Å². The monoisotopic (exact) mass is 364 g/mol. The molecular weight excluding hydrogens is 331 g/mol. The van der Waals surface area contributed by atoms with E-state index >= 15 is 0 Å². The summed E-state index contributed by atoms with van der Waals surface area (Å²) in [6.45, 7) is 21.6. The van der Waals surface area contributed by atoms with Gasteiger partial charge in [-0.1, -0.05) is 57.5 Å². The van der Waals surface area contributed by atoms with Gasteiger partial charge in [0, 0.05) is 7.11 Å². The second-order valence-corrected chi connectivity index (χ2v) is 4.81. The lowest BCUT2D eigenvalue weighted by molar-refractivity contribution is -0.104. The largest absolute Gasteiger partial charge is 0.497 e. The van der Waals surface area contributed by atoms with Gasteiger partial charge in [-0.2, -0.15) is 0 Å². The molecule has 0 aromatic carbocycles. The lowest BCUT2D eigenvalue weighted by Crippen LogP contribution is -1.98. The highest BCUT2D eigenvalue weighted by molar-refractivity contribution is 5.63. The first kappa shape index (κ1) is 28.3. The number of alkyl halides is 1. The topological polar surface area (TPSA) is 35.5 Å². The summed E-state index contributed by atoms with van der Waals surface area (Å²) in [5, 5.41) is 0. The van der Waals surface area contributed by atoms with Crippen molar-refractivity contribution in [1.82, 2.24) is 0 Å². The predicted octanol–water partition coefficient (Wildman–Crippen LogP) is 5.70. The van der Waals surface area contributed by atoms with Gasteiger partial charge < -0.3 is 9.47 Å². The smallest absolute Gasteiger partial charge is 0.142 e. The van der Waals surface area contributed by atoms with Crippen LogP contribution in [0.3, 0.4) is 0 Å². The fraction of sp³-hybridized carbons (Fsp3) is 0.318. The van der Waals surface area contributed by atoms with Gasteiger partial charge in [-0.15, -0.1) is 0 Å². The Hall–Kier alpha value is -2.46. The Morgan fingerprint density at radius 2 is 1.58 bits per heavy atom. The van der Waals surface area contributed by atoms with E-state index in [1.807, 2.05) is 18.2 Å². The first-order chi connectivity index (χ1) is 12.4. The van der Waals surface area contributed by atoms with E-state index in [1.54, 1.807) is 14.2 Å². The summed E-state index contributed by atoms with van der Waals surface area (Å²) < 4.78 is 19.8. The van der Waals surface area contributed by atoms with Crippen LogP contribution >= 0.6 is 0 Å². The minimum atomic E-state index is 0.500. The Morgan fingerprint density at radius 1 is 1.04 bits per heavy atom. The normalized spacial score (nSPS) is 9.81. The predicted molar refractivity (Wildman–Crippen MR) is 111 cm³/mol. The SMILES string of the molecule is C=C(/C=C\C(=C)C(=C)/C=C(/CCOC)C(=C)OC)CC.C=CC=O.CF. The Balaban J connectivity index is -0.000000769. The van der Waals surface area contributed by atoms with E-state index in [4.69, 9.17) is 14.3 Å². The maximum absolute atomic E-state index is 9.50. The van der Waals surface area contributed by atoms with Crippen molar-refractivity contribution in [3.8, 4) is 0 Å². The van der Waals surface area contributed by atoms with Crippen molar-refractivity contribution >= 4 is 6.29 Å². The maximum atomic E-state index is 9.50. The van der Waals surface area contributed by atoms with Crippen LogP contribution in [0, 0.1) is 0 Å². The molecule has 0 bridgehead atoms. The van der Waals surface area contributed by atoms with Crippen LogP contribution in [0.5, 0.6) is 0 Å². The molecule has 0 unspecified atom stereocenters. The number of carbonyl (C=O) groups is 1. The van der Waals surface area contributed by atoms with Crippen LogP contribution in [0.4, 0.5) is 4.39 Å². The van der Waals surface area contributed by atoms with Gasteiger partial charge in [0.1, 0.15) is 12.0 Å². The molecule has 4 heteroatoms. The lowest BCUT2D eigenvalue weighted by atomic mass is 10.0. The van der Waals surface area contributed by atoms with Gasteiger partial charge in [-0.25, -0.2) is 0 Å². The summed E-state index contributed by atoms with van der Waals surface area (Å²) >= 11 is 0. The molecule has 0 radical (unpaired) electrons. The molecule has 0 spiro atoms. The van der Waals surface area contributed by atoms with Gasteiger partial charge in [0.2, 0.25) is 0 Å². The molecular formula is C22H33FO3. The number of aldehydes is 1. The molecule has 0 saturated heterocycles. The van der Waals surface area contributed by atoms with Crippen LogP contribution in [-0.4, -0.2) is 34.3 Å². The first-order valence-corrected chi connectivity index (χ1v) is 7.98. The van der Waals surface area contributed by atoms with Crippen molar-refractivity contribution < 1.29 is 18.7 Å². The second-order valence-electron chi connectivity index (χ2n) is 4.81. The zero-order chi connectivity index (χ0) is 21.0. The van der Waals surface area contributed by atoms with Crippen molar-refractivity contribution in [2.45, 2.75) is 19.8 Å². The fourth-order valence-corrected chi connectivity index (χ4v) is 1.38. The fourth-order valence-electron chi connectivity index (χ4n) is 1.38. The molecule has 0 aliphatic rings. The highest BCUT2D eigenvalue weighted by Gasteiger charge is 2.04. The average Bonchev–Trinajstić information content (AvgIpc) is 2.69. The summed E-state index contributed by atoms with van der Waals surface area (Å²) in [5.41, 5.74) is 3.69. The average molecular weight is 365 g/mol. The van der Waals surface area contributed by atoms with Gasteiger partial charge >= 0.3 is 0 Å². The molecule has 0 heterocycles. The van der Waals surface area contributed by atoms with E-state index in [2.05, 4.69) is 39.8 Å². The van der Waals surface area contributed by atoms with Crippen LogP contribution in [0.25, 0.3) is 0 Å². The van der Waals surface area contributed by atoms with Gasteiger partial charge in [0.25, 0.3) is 0 Å². The number of methoxy groups -OCH3 is 2. The van der Waals surface area contributed by atoms with Gasteiger partial charge in [0.05, 0.1) is 20.9 Å². The van der Waals surface area contributed by atoms with Crippen LogP contribution in [-0.2, 0) is 14.3 Å². The van der Waals surface area contributed by atoms with E-state index in [9.17, 15) is 4.39 Å². The highest BCUT2D eigenvalue weighted by atomic mass is 19.1. The van der Waals surface area contributed by atoms with Crippen LogP contribution in [0.1, 0.15) is 19.8 Å². The Kier molecular flexibility index (Phi) is 22.4. The number of hydrogen-bond acceptors (Lipinski definition) is 3. The lowest BCUT2D eigenvalue weighted by Gasteiger charge is -2.10. The van der Waals surface area contributed by atoms with Crippen molar-refractivity contribution in [3.05, 3.63) is 85.3 Å². The first-order valence-electron chi connectivity index (χ1n) is 7.98. The number of carbonyl (C=O) groups excluding carboxylic acids is 1. The molecule has 26 heavy (non-hydrogen) atoms. The van der Waals surface area contributed by atoms with E-state index in [0.717, 1.165) is 35.1 Å². The standard InChI is InChI=1S/C18H26O2.C3H4O.CH3F/c1-8-14(2)9-10-15(3)16(4)13-18(11-12-19-6)17(5)20-7;1-2-3-4;1-2/h9-10,13H,2-5,8,11-12H2,1,6-7H3;2-3H,1H2;1H3/b10-9-,18-13-;;. The zero-order valence-electron chi connectivity index (χ0n) is 16.6. The summed E-state index contributed by atoms with van der Waals surface area (Å²) in [6.07, 6.45) is 9.30. The number of ether oxygens (including phenoxy) is 2. The quantitative estimate of drug-likeness (QED) is 0.204. The molecule has 0 fully saturated rings. The second kappa shape index (κ2) is 20.6. The molecule has 0 rings (SSSR count). The third-order valence-electron chi connectivity index (χ3n) is 3.01. The van der Waals surface area contributed by atoms with Crippen molar-refractivity contribution in [2.24, 2.45) is 0 Å². The molecule has 0 N–H and O–H groups in total. The minimum absolute atomic E-state index is 0.500. The zero-order valence-corrected chi connectivity index (χ0v) is 16.6. The summed E-state index contributed by atoms with van der Waals surface area (Å²) in [7, 11) is 3.77. The number of allylic oxidation sites excluding steroid dienone is 8. The Labute approximate surface area is 158 Å². The summed E-state index contributed by atoms with van der Waals surface area (Å²) in [4.78, 5) is 9.06. The highest BCUT2D eigenvalue weighted by Crippen LogP contribution is 2.19. The molecule has 0 aliphatic carbocycles. The van der Waals surface area contributed by atoms with E-state index in [0.29, 0.717) is 25.8 Å². The number of rotatable bonds is 11. The third kappa shape index (κ3) is 16.4. The van der Waals surface area contributed by atoms with Crippen molar-refractivity contribution in [2.75, 3.05) is 28.0 Å². The molecule has 0 aliphatic heterocycles. The third-order valence-corrected chi connectivity index (χ3v) is 3.01. The number of halogens is 1. The van der Waals surface area contributed by atoms with Crippen molar-refractivity contribution in [3.63, 3.8) is 0 Å². The van der Waals surface area contributed by atoms with Crippen molar-refractivity contribution in [1.29, 1.82) is 0 Å². The molecule has 0 aromatic heterocycles. The van der Waals surface area contributed by atoms with E-state index in [-0.39, 0.29) is 0 Å². The van der Waals surface area contributed by atoms with Gasteiger partial charge in [-0.05, 0) is 41.7 Å². The number of hydrogen-bond donors (Lipinski definition) is 0. The van der Waals surface area contributed by atoms with Gasteiger partial charge in [0.15, 0.2) is 0 Å². The summed E-state index contributed by atoms with van der Waals surface area (Å²) in [6, 6.07) is 0.